The molecule has 3 heterocycles. The minimum absolute atomic E-state index is 0.0238. The maximum atomic E-state index is 10.9. The van der Waals surface area contributed by atoms with Crippen molar-refractivity contribution in [3.8, 4) is 0 Å². The maximum absolute atomic E-state index is 10.9. The van der Waals surface area contributed by atoms with E-state index < -0.39 is 4.92 Å². The van der Waals surface area contributed by atoms with Crippen molar-refractivity contribution in [1.82, 2.24) is 15.0 Å². The number of nitro groups is 1. The SMILES string of the molecule is O=[N+]([O-])c1cnc(Cl)nc1NN1CC2CCC(C1)O2. The second-order valence-electron chi connectivity index (χ2n) is 4.60. The molecule has 19 heavy (non-hydrogen) atoms. The van der Waals surface area contributed by atoms with Crippen molar-refractivity contribution in [3.05, 3.63) is 21.6 Å². The van der Waals surface area contributed by atoms with E-state index in [1.165, 1.54) is 0 Å². The summed E-state index contributed by atoms with van der Waals surface area (Å²) in [6.07, 6.45) is 3.52. The summed E-state index contributed by atoms with van der Waals surface area (Å²) in [6.45, 7) is 1.35. The van der Waals surface area contributed by atoms with Gasteiger partial charge in [-0.3, -0.25) is 15.5 Å². The Balaban J connectivity index is 1.79. The lowest BCUT2D eigenvalue weighted by molar-refractivity contribution is -0.384. The molecule has 2 aliphatic heterocycles. The molecule has 0 spiro atoms. The van der Waals surface area contributed by atoms with Gasteiger partial charge in [0.25, 0.3) is 0 Å². The quantitative estimate of drug-likeness (QED) is 0.507. The van der Waals surface area contributed by atoms with Gasteiger partial charge in [-0.1, -0.05) is 0 Å². The Morgan fingerprint density at radius 1 is 1.47 bits per heavy atom. The Bertz CT molecular complexity index is 502. The molecular weight excluding hydrogens is 274 g/mol. The van der Waals surface area contributed by atoms with Gasteiger partial charge in [0, 0.05) is 13.1 Å². The zero-order valence-electron chi connectivity index (χ0n) is 9.95. The Morgan fingerprint density at radius 2 is 2.16 bits per heavy atom. The van der Waals surface area contributed by atoms with Gasteiger partial charge in [0.2, 0.25) is 11.1 Å². The lowest BCUT2D eigenvalue weighted by Gasteiger charge is -2.32. The average Bonchev–Trinajstić information content (AvgIpc) is 2.68. The van der Waals surface area contributed by atoms with Gasteiger partial charge < -0.3 is 4.74 Å². The van der Waals surface area contributed by atoms with Crippen molar-refractivity contribution in [3.63, 3.8) is 0 Å². The first-order valence-corrected chi connectivity index (χ1v) is 6.33. The van der Waals surface area contributed by atoms with Crippen LogP contribution >= 0.6 is 11.6 Å². The van der Waals surface area contributed by atoms with Crippen molar-refractivity contribution < 1.29 is 9.66 Å². The zero-order valence-corrected chi connectivity index (χ0v) is 10.7. The third kappa shape index (κ3) is 2.60. The molecule has 0 radical (unpaired) electrons. The van der Waals surface area contributed by atoms with Crippen molar-refractivity contribution in [2.75, 3.05) is 18.5 Å². The van der Waals surface area contributed by atoms with Gasteiger partial charge in [-0.25, -0.2) is 9.99 Å². The minimum Gasteiger partial charge on any atom is -0.372 e. The molecule has 0 saturated carbocycles. The molecule has 2 fully saturated rings. The smallest absolute Gasteiger partial charge is 0.330 e. The van der Waals surface area contributed by atoms with E-state index in [1.807, 2.05) is 5.01 Å². The van der Waals surface area contributed by atoms with Gasteiger partial charge in [-0.15, -0.1) is 0 Å². The average molecular weight is 286 g/mol. The molecule has 2 unspecified atom stereocenters. The van der Waals surface area contributed by atoms with Crippen LogP contribution in [0.2, 0.25) is 5.28 Å². The van der Waals surface area contributed by atoms with Crippen LogP contribution in [0, 0.1) is 10.1 Å². The maximum Gasteiger partial charge on any atom is 0.330 e. The second kappa shape index (κ2) is 4.87. The Labute approximate surface area is 113 Å². The van der Waals surface area contributed by atoms with Gasteiger partial charge in [-0.05, 0) is 24.4 Å². The van der Waals surface area contributed by atoms with E-state index in [1.54, 1.807) is 0 Å². The minimum atomic E-state index is -0.534. The number of morpholine rings is 1. The predicted octanol–water partition coefficient (Wildman–Crippen LogP) is 1.23. The summed E-state index contributed by atoms with van der Waals surface area (Å²) in [7, 11) is 0. The summed E-state index contributed by atoms with van der Waals surface area (Å²) in [6, 6.07) is 0. The van der Waals surface area contributed by atoms with Crippen LogP contribution < -0.4 is 5.43 Å². The molecule has 8 nitrogen and oxygen atoms in total. The summed E-state index contributed by atoms with van der Waals surface area (Å²) < 4.78 is 5.69. The monoisotopic (exact) mass is 285 g/mol. The highest BCUT2D eigenvalue weighted by atomic mass is 35.5. The number of anilines is 1. The van der Waals surface area contributed by atoms with Crippen LogP contribution in [-0.2, 0) is 4.74 Å². The van der Waals surface area contributed by atoms with Gasteiger partial charge in [0.05, 0.1) is 17.1 Å². The summed E-state index contributed by atoms with van der Waals surface area (Å²) in [4.78, 5) is 17.9. The molecule has 2 bridgehead atoms. The standard InChI is InChI=1S/C10H12ClN5O3/c11-10-12-3-8(16(17)18)9(13-10)14-15-4-6-1-2-7(5-15)19-6/h3,6-7H,1-2,4-5H2,(H,12,13,14). The molecule has 102 valence electrons. The number of hydrazine groups is 1. The Kier molecular flexibility index (Phi) is 3.21. The second-order valence-corrected chi connectivity index (χ2v) is 4.94. The van der Waals surface area contributed by atoms with Crippen molar-refractivity contribution in [2.45, 2.75) is 25.0 Å². The lowest BCUT2D eigenvalue weighted by atomic mass is 10.2. The van der Waals surface area contributed by atoms with Crippen LogP contribution in [0.4, 0.5) is 11.5 Å². The largest absolute Gasteiger partial charge is 0.372 e. The first kappa shape index (κ1) is 12.5. The zero-order chi connectivity index (χ0) is 13.4. The number of hydrogen-bond acceptors (Lipinski definition) is 7. The summed E-state index contributed by atoms with van der Waals surface area (Å²) in [5, 5.41) is 12.8. The number of nitrogens with one attached hydrogen (secondary N) is 1. The summed E-state index contributed by atoms with van der Waals surface area (Å²) >= 11 is 5.68. The number of aromatic nitrogens is 2. The number of hydrogen-bond donors (Lipinski definition) is 1. The fourth-order valence-electron chi connectivity index (χ4n) is 2.43. The van der Waals surface area contributed by atoms with Gasteiger partial charge >= 0.3 is 5.69 Å². The van der Waals surface area contributed by atoms with Gasteiger partial charge in [0.1, 0.15) is 6.20 Å². The Hall–Kier alpha value is -1.51. The molecular formula is C10H12ClN5O3. The Morgan fingerprint density at radius 3 is 2.79 bits per heavy atom. The first-order chi connectivity index (χ1) is 9.11. The van der Waals surface area contributed by atoms with Crippen LogP contribution in [-0.4, -0.2) is 45.2 Å². The third-order valence-electron chi connectivity index (χ3n) is 3.24. The molecule has 0 amide bonds. The van der Waals surface area contributed by atoms with Crippen molar-refractivity contribution in [1.29, 1.82) is 0 Å². The molecule has 0 aliphatic carbocycles. The third-order valence-corrected chi connectivity index (χ3v) is 3.43. The molecule has 9 heteroatoms. The highest BCUT2D eigenvalue weighted by molar-refractivity contribution is 6.28. The molecule has 2 atom stereocenters. The van der Waals surface area contributed by atoms with Crippen LogP contribution in [0.1, 0.15) is 12.8 Å². The molecule has 0 aromatic carbocycles. The van der Waals surface area contributed by atoms with E-state index in [0.29, 0.717) is 13.1 Å². The molecule has 2 saturated heterocycles. The predicted molar refractivity (Wildman–Crippen MR) is 66.8 cm³/mol. The van der Waals surface area contributed by atoms with E-state index in [9.17, 15) is 10.1 Å². The van der Waals surface area contributed by atoms with Gasteiger partial charge in [0.15, 0.2) is 0 Å². The van der Waals surface area contributed by atoms with E-state index >= 15 is 0 Å². The van der Waals surface area contributed by atoms with Crippen LogP contribution in [0.25, 0.3) is 0 Å². The number of rotatable bonds is 3. The van der Waals surface area contributed by atoms with Crippen molar-refractivity contribution >= 4 is 23.1 Å². The van der Waals surface area contributed by atoms with E-state index in [0.717, 1.165) is 19.0 Å². The molecule has 1 N–H and O–H groups in total. The number of halogens is 1. The number of ether oxygens (including phenoxy) is 1. The normalized spacial score (nSPS) is 26.4. The fourth-order valence-corrected chi connectivity index (χ4v) is 2.56. The van der Waals surface area contributed by atoms with Crippen LogP contribution in [0.5, 0.6) is 0 Å². The molecule has 1 aromatic heterocycles. The highest BCUT2D eigenvalue weighted by Gasteiger charge is 2.34. The van der Waals surface area contributed by atoms with Crippen molar-refractivity contribution in [2.24, 2.45) is 0 Å². The van der Waals surface area contributed by atoms with Gasteiger partial charge in [-0.2, -0.15) is 4.98 Å². The van der Waals surface area contributed by atoms with Crippen LogP contribution in [0.15, 0.2) is 6.20 Å². The summed E-state index contributed by atoms with van der Waals surface area (Å²) in [5.74, 6) is 0.117. The molecule has 1 aromatic rings. The summed E-state index contributed by atoms with van der Waals surface area (Å²) in [5.41, 5.74) is 2.76. The topological polar surface area (TPSA) is 93.4 Å². The fraction of sp³-hybridized carbons (Fsp3) is 0.600. The lowest BCUT2D eigenvalue weighted by Crippen LogP contribution is -2.45. The molecule has 3 rings (SSSR count). The molecule has 2 aliphatic rings. The number of fused-ring (bicyclic) bond motifs is 2. The van der Waals surface area contributed by atoms with E-state index in [-0.39, 0.29) is 29.0 Å². The number of nitrogens with zero attached hydrogens (tertiary/aromatic N) is 4. The van der Waals surface area contributed by atoms with E-state index in [2.05, 4.69) is 15.4 Å². The highest BCUT2D eigenvalue weighted by Crippen LogP contribution is 2.28. The van der Waals surface area contributed by atoms with Crippen LogP contribution in [0.3, 0.4) is 0 Å². The first-order valence-electron chi connectivity index (χ1n) is 5.96. The van der Waals surface area contributed by atoms with E-state index in [4.69, 9.17) is 16.3 Å².